The third-order valence-corrected chi connectivity index (χ3v) is 6.92. The van der Waals surface area contributed by atoms with Gasteiger partial charge in [-0.15, -0.1) is 5.10 Å². The molecule has 0 aliphatic carbocycles. The van der Waals surface area contributed by atoms with Gasteiger partial charge in [0.1, 0.15) is 5.82 Å². The number of hydrogen-bond donors (Lipinski definition) is 2. The minimum atomic E-state index is -0.996. The zero-order valence-corrected chi connectivity index (χ0v) is 21.4. The second kappa shape index (κ2) is 10.2. The third-order valence-electron chi connectivity index (χ3n) is 6.92. The first-order valence-corrected chi connectivity index (χ1v) is 13.1. The van der Waals surface area contributed by atoms with Gasteiger partial charge in [-0.3, -0.25) is 4.79 Å². The molecule has 4 heterocycles. The van der Waals surface area contributed by atoms with Crippen LogP contribution < -0.4 is 15.5 Å². The average Bonchev–Trinajstić information content (AvgIpc) is 3.43. The van der Waals surface area contributed by atoms with E-state index < -0.39 is 6.17 Å². The second-order valence-corrected chi connectivity index (χ2v) is 9.49. The molecule has 2 aliphatic rings. The number of para-hydroxylation sites is 2. The van der Waals surface area contributed by atoms with Crippen molar-refractivity contribution in [2.75, 3.05) is 41.8 Å². The molecule has 10 heteroatoms. The van der Waals surface area contributed by atoms with Gasteiger partial charge >= 0.3 is 6.01 Å². The van der Waals surface area contributed by atoms with Crippen LogP contribution in [0.2, 0.25) is 0 Å². The number of rotatable bonds is 5. The Bertz CT molecular complexity index is 1730. The Balaban J connectivity index is 1.25. The highest BCUT2D eigenvalue weighted by molar-refractivity contribution is 6.19. The number of aliphatic imine (C=N–C) groups is 1. The molecule has 0 unspecified atom stereocenters. The minimum Gasteiger partial charge on any atom is -0.403 e. The van der Waals surface area contributed by atoms with Crippen molar-refractivity contribution in [3.8, 4) is 11.5 Å². The topological polar surface area (TPSA) is 118 Å². The molecule has 1 fully saturated rings. The highest BCUT2D eigenvalue weighted by Crippen LogP contribution is 2.33. The Morgan fingerprint density at radius 3 is 2.52 bits per heavy atom. The largest absolute Gasteiger partial charge is 0.403 e. The average molecular weight is 532 g/mol. The van der Waals surface area contributed by atoms with E-state index in [9.17, 15) is 4.79 Å². The summed E-state index contributed by atoms with van der Waals surface area (Å²) in [5.74, 6) is 0.718. The maximum absolute atomic E-state index is 13.2. The molecule has 0 bridgehead atoms. The van der Waals surface area contributed by atoms with Gasteiger partial charge in [-0.25, -0.2) is 9.98 Å². The van der Waals surface area contributed by atoms with Crippen molar-refractivity contribution in [2.24, 2.45) is 4.99 Å². The van der Waals surface area contributed by atoms with Crippen LogP contribution in [0.1, 0.15) is 11.1 Å². The predicted molar refractivity (Wildman–Crippen MR) is 153 cm³/mol. The molecule has 2 aromatic heterocycles. The molecule has 1 saturated heterocycles. The first kappa shape index (κ1) is 24.0. The number of anilines is 3. The van der Waals surface area contributed by atoms with E-state index in [1.54, 1.807) is 0 Å². The van der Waals surface area contributed by atoms with Crippen molar-refractivity contribution in [3.05, 3.63) is 96.1 Å². The summed E-state index contributed by atoms with van der Waals surface area (Å²) in [7, 11) is 0. The van der Waals surface area contributed by atoms with E-state index in [1.165, 1.54) is 0 Å². The summed E-state index contributed by atoms with van der Waals surface area (Å²) in [5.41, 5.74) is 4.68. The molecule has 7 rings (SSSR count). The first-order valence-electron chi connectivity index (χ1n) is 13.1. The van der Waals surface area contributed by atoms with Crippen LogP contribution in [0.3, 0.4) is 0 Å². The summed E-state index contributed by atoms with van der Waals surface area (Å²) in [6.07, 6.45) is -0.996. The molecular formula is C30H25N7O3. The Morgan fingerprint density at radius 2 is 1.65 bits per heavy atom. The van der Waals surface area contributed by atoms with Gasteiger partial charge in [0.25, 0.3) is 11.8 Å². The summed E-state index contributed by atoms with van der Waals surface area (Å²) in [6.45, 7) is 2.64. The summed E-state index contributed by atoms with van der Waals surface area (Å²) < 4.78 is 11.6. The van der Waals surface area contributed by atoms with Crippen molar-refractivity contribution >= 4 is 40.0 Å². The number of morpholine rings is 1. The molecule has 0 radical (unpaired) electrons. The normalized spacial score (nSPS) is 17.1. The zero-order valence-electron chi connectivity index (χ0n) is 21.4. The molecule has 1 atom stereocenters. The number of carbonyl (C=O) groups is 1. The monoisotopic (exact) mass is 531 g/mol. The van der Waals surface area contributed by atoms with E-state index in [2.05, 4.69) is 25.7 Å². The molecule has 40 heavy (non-hydrogen) atoms. The smallest absolute Gasteiger partial charge is 0.317 e. The van der Waals surface area contributed by atoms with Crippen molar-refractivity contribution in [1.82, 2.24) is 15.2 Å². The molecule has 1 amide bonds. The molecule has 10 nitrogen and oxygen atoms in total. The highest BCUT2D eigenvalue weighted by Gasteiger charge is 2.28. The SMILES string of the molecule is O=C1Nc2ccccc2C(c2ccccc2)=N[C@@H]1Nc1nnc(-c2cc3ccccc3nc2N2CCOCC2)o1. The van der Waals surface area contributed by atoms with E-state index in [1.807, 2.05) is 84.9 Å². The highest BCUT2D eigenvalue weighted by atomic mass is 16.5. The summed E-state index contributed by atoms with van der Waals surface area (Å²) >= 11 is 0. The standard InChI is InChI=1S/C30H25N7O3/c38-28-26(33-25(19-8-2-1-3-9-19)21-11-5-7-13-24(21)32-28)34-30-36-35-29(40-30)22-18-20-10-4-6-12-23(20)31-27(22)37-14-16-39-17-15-37/h1-13,18,26H,14-17H2,(H,32,38)(H,34,36)/t26-/m1/s1. The minimum absolute atomic E-state index is 0.0818. The number of hydrogen-bond acceptors (Lipinski definition) is 9. The van der Waals surface area contributed by atoms with Gasteiger partial charge in [0.05, 0.1) is 35.7 Å². The lowest BCUT2D eigenvalue weighted by Crippen LogP contribution is -2.37. The Hall–Kier alpha value is -5.09. The van der Waals surface area contributed by atoms with E-state index in [0.717, 1.165) is 27.8 Å². The van der Waals surface area contributed by atoms with Crippen LogP contribution >= 0.6 is 0 Å². The number of carbonyl (C=O) groups excluding carboxylic acids is 1. The number of benzodiazepines with no additional fused rings is 1. The zero-order chi connectivity index (χ0) is 26.9. The number of benzene rings is 3. The van der Waals surface area contributed by atoms with Gasteiger partial charge in [0.15, 0.2) is 0 Å². The third kappa shape index (κ3) is 4.54. The van der Waals surface area contributed by atoms with Crippen LogP contribution in [0.5, 0.6) is 0 Å². The Labute approximate surface area is 229 Å². The van der Waals surface area contributed by atoms with E-state index in [4.69, 9.17) is 19.1 Å². The molecular weight excluding hydrogens is 506 g/mol. The van der Waals surface area contributed by atoms with Gasteiger partial charge < -0.3 is 24.7 Å². The Morgan fingerprint density at radius 1 is 0.875 bits per heavy atom. The van der Waals surface area contributed by atoms with Gasteiger partial charge in [-0.1, -0.05) is 71.8 Å². The lowest BCUT2D eigenvalue weighted by molar-refractivity contribution is -0.116. The fraction of sp³-hybridized carbons (Fsp3) is 0.167. The number of ether oxygens (including phenoxy) is 1. The number of nitrogens with one attached hydrogen (secondary N) is 2. The van der Waals surface area contributed by atoms with Crippen LogP contribution in [0, 0.1) is 0 Å². The van der Waals surface area contributed by atoms with Crippen LogP contribution in [-0.2, 0) is 9.53 Å². The van der Waals surface area contributed by atoms with E-state index >= 15 is 0 Å². The number of fused-ring (bicyclic) bond motifs is 2. The molecule has 2 aliphatic heterocycles. The summed E-state index contributed by atoms with van der Waals surface area (Å²) in [5, 5.41) is 15.5. The molecule has 198 valence electrons. The summed E-state index contributed by atoms with van der Waals surface area (Å²) in [4.78, 5) is 25.1. The van der Waals surface area contributed by atoms with Gasteiger partial charge in [-0.05, 0) is 18.2 Å². The lowest BCUT2D eigenvalue weighted by Gasteiger charge is -2.29. The fourth-order valence-electron chi connectivity index (χ4n) is 4.97. The van der Waals surface area contributed by atoms with Crippen molar-refractivity contribution in [3.63, 3.8) is 0 Å². The van der Waals surface area contributed by atoms with Crippen molar-refractivity contribution in [2.45, 2.75) is 6.17 Å². The molecule has 3 aromatic carbocycles. The van der Waals surface area contributed by atoms with E-state index in [-0.39, 0.29) is 11.9 Å². The maximum Gasteiger partial charge on any atom is 0.317 e. The molecule has 0 spiro atoms. The van der Waals surface area contributed by atoms with Gasteiger partial charge in [0, 0.05) is 29.6 Å². The molecule has 0 saturated carbocycles. The number of amides is 1. The predicted octanol–water partition coefficient (Wildman–Crippen LogP) is 4.35. The van der Waals surface area contributed by atoms with Gasteiger partial charge in [-0.2, -0.15) is 0 Å². The number of nitrogens with zero attached hydrogens (tertiary/aromatic N) is 5. The fourth-order valence-corrected chi connectivity index (χ4v) is 4.97. The second-order valence-electron chi connectivity index (χ2n) is 9.49. The summed E-state index contributed by atoms with van der Waals surface area (Å²) in [6, 6.07) is 27.4. The first-order chi connectivity index (χ1) is 19.7. The van der Waals surface area contributed by atoms with Crippen molar-refractivity contribution < 1.29 is 13.9 Å². The van der Waals surface area contributed by atoms with Crippen molar-refractivity contribution in [1.29, 1.82) is 0 Å². The van der Waals surface area contributed by atoms with Gasteiger partial charge in [0.2, 0.25) is 6.17 Å². The van der Waals surface area contributed by atoms with Crippen LogP contribution in [0.4, 0.5) is 17.5 Å². The van der Waals surface area contributed by atoms with Crippen LogP contribution in [0.15, 0.2) is 94.3 Å². The maximum atomic E-state index is 13.2. The molecule has 5 aromatic rings. The van der Waals surface area contributed by atoms with E-state index in [0.29, 0.717) is 49.2 Å². The quantitative estimate of drug-likeness (QED) is 0.344. The van der Waals surface area contributed by atoms with Crippen LogP contribution in [-0.4, -0.2) is 59.3 Å². The Kier molecular flexibility index (Phi) is 6.14. The lowest BCUT2D eigenvalue weighted by atomic mass is 10.0. The number of pyridine rings is 1. The number of aromatic nitrogens is 3. The van der Waals surface area contributed by atoms with Crippen LogP contribution in [0.25, 0.3) is 22.4 Å². The molecule has 2 N–H and O–H groups in total.